The number of halogens is 2. The van der Waals surface area contributed by atoms with Crippen LogP contribution in [0.25, 0.3) is 0 Å². The molecule has 0 N–H and O–H groups in total. The lowest BCUT2D eigenvalue weighted by Gasteiger charge is -2.29. The molecule has 0 atom stereocenters. The predicted molar refractivity (Wildman–Crippen MR) is 72.7 cm³/mol. The van der Waals surface area contributed by atoms with Gasteiger partial charge in [0.1, 0.15) is 11.6 Å². The van der Waals surface area contributed by atoms with Gasteiger partial charge in [0, 0.05) is 21.7 Å². The van der Waals surface area contributed by atoms with Crippen LogP contribution in [0.5, 0.6) is 5.75 Å². The molecular formula is C13H16ClFO3S. The van der Waals surface area contributed by atoms with Crippen molar-refractivity contribution >= 4 is 19.7 Å². The number of methoxy groups -OCH3 is 1. The lowest BCUT2D eigenvalue weighted by atomic mass is 9.80. The smallest absolute Gasteiger partial charge is 0.233 e. The van der Waals surface area contributed by atoms with Crippen molar-refractivity contribution in [3.05, 3.63) is 29.6 Å². The van der Waals surface area contributed by atoms with Crippen molar-refractivity contribution in [1.29, 1.82) is 0 Å². The van der Waals surface area contributed by atoms with Gasteiger partial charge in [0.2, 0.25) is 9.05 Å². The molecule has 1 aromatic carbocycles. The van der Waals surface area contributed by atoms with E-state index in [9.17, 15) is 12.8 Å². The minimum atomic E-state index is -3.66. The second kappa shape index (κ2) is 5.29. The zero-order valence-corrected chi connectivity index (χ0v) is 12.2. The second-order valence-electron chi connectivity index (χ2n) is 5.02. The first-order valence-corrected chi connectivity index (χ1v) is 8.60. The van der Waals surface area contributed by atoms with Crippen LogP contribution in [-0.4, -0.2) is 21.3 Å². The minimum absolute atomic E-state index is 0.179. The minimum Gasteiger partial charge on any atom is -0.496 e. The molecule has 1 aliphatic carbocycles. The third kappa shape index (κ3) is 3.20. The molecule has 19 heavy (non-hydrogen) atoms. The summed E-state index contributed by atoms with van der Waals surface area (Å²) in [6, 6.07) is 4.21. The highest BCUT2D eigenvalue weighted by atomic mass is 35.7. The van der Waals surface area contributed by atoms with Crippen LogP contribution in [-0.2, 0) is 14.5 Å². The topological polar surface area (TPSA) is 43.4 Å². The van der Waals surface area contributed by atoms with Crippen molar-refractivity contribution in [1.82, 2.24) is 0 Å². The Balaban J connectivity index is 2.53. The average Bonchev–Trinajstić information content (AvgIpc) is 2.76. The van der Waals surface area contributed by atoms with Gasteiger partial charge < -0.3 is 4.74 Å². The first-order valence-electron chi connectivity index (χ1n) is 6.13. The molecule has 106 valence electrons. The fourth-order valence-electron chi connectivity index (χ4n) is 2.97. The van der Waals surface area contributed by atoms with E-state index >= 15 is 0 Å². The van der Waals surface area contributed by atoms with E-state index in [1.165, 1.54) is 25.3 Å². The third-order valence-corrected chi connectivity index (χ3v) is 4.97. The predicted octanol–water partition coefficient (Wildman–Crippen LogP) is 3.21. The van der Waals surface area contributed by atoms with Crippen LogP contribution in [0.3, 0.4) is 0 Å². The lowest BCUT2D eigenvalue weighted by Crippen LogP contribution is -2.30. The molecule has 0 saturated heterocycles. The quantitative estimate of drug-likeness (QED) is 0.802. The van der Waals surface area contributed by atoms with Gasteiger partial charge in [-0.3, -0.25) is 0 Å². The Kier molecular flexibility index (Phi) is 4.06. The molecule has 2 rings (SSSR count). The van der Waals surface area contributed by atoms with Gasteiger partial charge in [-0.15, -0.1) is 0 Å². The molecule has 1 aliphatic rings. The fourth-order valence-corrected chi connectivity index (χ4v) is 4.70. The molecule has 0 unspecified atom stereocenters. The molecule has 0 amide bonds. The van der Waals surface area contributed by atoms with E-state index in [1.54, 1.807) is 0 Å². The number of ether oxygens (including phenoxy) is 1. The van der Waals surface area contributed by atoms with Gasteiger partial charge in [-0.2, -0.15) is 0 Å². The summed E-state index contributed by atoms with van der Waals surface area (Å²) in [5, 5.41) is 0. The van der Waals surface area contributed by atoms with E-state index in [1.807, 2.05) is 0 Å². The Hall–Kier alpha value is -0.810. The highest BCUT2D eigenvalue weighted by molar-refractivity contribution is 8.13. The SMILES string of the molecule is COc1ccc(F)cc1C1(CS(=O)(=O)Cl)CCCC1. The van der Waals surface area contributed by atoms with E-state index in [4.69, 9.17) is 15.4 Å². The van der Waals surface area contributed by atoms with Crippen molar-refractivity contribution in [3.63, 3.8) is 0 Å². The van der Waals surface area contributed by atoms with Crippen LogP contribution in [0.4, 0.5) is 4.39 Å². The summed E-state index contributed by atoms with van der Waals surface area (Å²) in [5.74, 6) is -0.0564. The zero-order chi connectivity index (χ0) is 14.1. The molecule has 0 aromatic heterocycles. The largest absolute Gasteiger partial charge is 0.496 e. The molecule has 0 radical (unpaired) electrons. The van der Waals surface area contributed by atoms with Crippen LogP contribution >= 0.6 is 10.7 Å². The van der Waals surface area contributed by atoms with E-state index in [-0.39, 0.29) is 5.75 Å². The van der Waals surface area contributed by atoms with E-state index < -0.39 is 20.3 Å². The van der Waals surface area contributed by atoms with Gasteiger partial charge in [0.15, 0.2) is 0 Å². The van der Waals surface area contributed by atoms with E-state index in [0.717, 1.165) is 12.8 Å². The number of hydrogen-bond donors (Lipinski definition) is 0. The molecule has 3 nitrogen and oxygen atoms in total. The summed E-state index contributed by atoms with van der Waals surface area (Å²) in [6.07, 6.45) is 3.18. The van der Waals surface area contributed by atoms with Gasteiger partial charge in [-0.25, -0.2) is 12.8 Å². The van der Waals surface area contributed by atoms with Crippen molar-refractivity contribution < 1.29 is 17.5 Å². The summed E-state index contributed by atoms with van der Waals surface area (Å²) in [6.45, 7) is 0. The van der Waals surface area contributed by atoms with E-state index in [2.05, 4.69) is 0 Å². The molecule has 0 aliphatic heterocycles. The molecule has 0 spiro atoms. The van der Waals surface area contributed by atoms with Crippen LogP contribution in [0, 0.1) is 5.82 Å². The van der Waals surface area contributed by atoms with Gasteiger partial charge in [0.25, 0.3) is 0 Å². The summed E-state index contributed by atoms with van der Waals surface area (Å²) < 4.78 is 41.7. The highest BCUT2D eigenvalue weighted by Crippen LogP contribution is 2.46. The van der Waals surface area contributed by atoms with Gasteiger partial charge in [-0.1, -0.05) is 12.8 Å². The molecule has 0 heterocycles. The zero-order valence-electron chi connectivity index (χ0n) is 10.7. The third-order valence-electron chi connectivity index (χ3n) is 3.74. The first-order chi connectivity index (χ1) is 8.86. The summed E-state index contributed by atoms with van der Waals surface area (Å²) in [4.78, 5) is 0. The standard InChI is InChI=1S/C13H16ClFO3S/c1-18-12-5-4-10(15)8-11(12)13(6-2-3-7-13)9-19(14,16)17/h4-5,8H,2-3,6-7,9H2,1H3. The molecule has 1 fully saturated rings. The molecular weight excluding hydrogens is 291 g/mol. The van der Waals surface area contributed by atoms with Gasteiger partial charge in [0.05, 0.1) is 12.9 Å². The Labute approximate surface area is 117 Å². The molecule has 6 heteroatoms. The molecule has 0 bridgehead atoms. The number of benzene rings is 1. The summed E-state index contributed by atoms with van der Waals surface area (Å²) in [5.41, 5.74) is -0.0228. The monoisotopic (exact) mass is 306 g/mol. The maximum Gasteiger partial charge on any atom is 0.233 e. The average molecular weight is 307 g/mol. The van der Waals surface area contributed by atoms with Crippen molar-refractivity contribution in [2.24, 2.45) is 0 Å². The van der Waals surface area contributed by atoms with Crippen molar-refractivity contribution in [3.8, 4) is 5.75 Å². The van der Waals surface area contributed by atoms with Crippen LogP contribution in [0.2, 0.25) is 0 Å². The van der Waals surface area contributed by atoms with Gasteiger partial charge >= 0.3 is 0 Å². The molecule has 1 saturated carbocycles. The Morgan fingerprint density at radius 1 is 1.37 bits per heavy atom. The number of rotatable bonds is 4. The number of hydrogen-bond acceptors (Lipinski definition) is 3. The Morgan fingerprint density at radius 2 is 2.00 bits per heavy atom. The Bertz CT molecular complexity index is 565. The first kappa shape index (κ1) is 14.6. The van der Waals surface area contributed by atoms with Gasteiger partial charge in [-0.05, 0) is 31.0 Å². The maximum absolute atomic E-state index is 13.5. The summed E-state index contributed by atoms with van der Waals surface area (Å²) in [7, 11) is 3.26. The maximum atomic E-state index is 13.5. The normalized spacial score (nSPS) is 18.5. The van der Waals surface area contributed by atoms with Crippen molar-refractivity contribution in [2.45, 2.75) is 31.1 Å². The fraction of sp³-hybridized carbons (Fsp3) is 0.538. The molecule has 1 aromatic rings. The van der Waals surface area contributed by atoms with Crippen molar-refractivity contribution in [2.75, 3.05) is 12.9 Å². The van der Waals surface area contributed by atoms with Crippen LogP contribution in [0.15, 0.2) is 18.2 Å². The van der Waals surface area contributed by atoms with Crippen LogP contribution < -0.4 is 4.74 Å². The lowest BCUT2D eigenvalue weighted by molar-refractivity contribution is 0.384. The Morgan fingerprint density at radius 3 is 2.53 bits per heavy atom. The van der Waals surface area contributed by atoms with Crippen LogP contribution in [0.1, 0.15) is 31.2 Å². The summed E-state index contributed by atoms with van der Waals surface area (Å²) >= 11 is 0. The second-order valence-corrected chi connectivity index (χ2v) is 7.79. The highest BCUT2D eigenvalue weighted by Gasteiger charge is 2.41. The van der Waals surface area contributed by atoms with E-state index in [0.29, 0.717) is 24.2 Å².